The van der Waals surface area contributed by atoms with E-state index in [1.165, 1.54) is 6.92 Å². The van der Waals surface area contributed by atoms with Gasteiger partial charge in [0.2, 0.25) is 11.2 Å². The van der Waals surface area contributed by atoms with E-state index in [1.54, 1.807) is 6.92 Å². The van der Waals surface area contributed by atoms with E-state index in [-0.39, 0.29) is 11.5 Å². The molecule has 20 heavy (non-hydrogen) atoms. The van der Waals surface area contributed by atoms with E-state index < -0.39 is 30.1 Å². The first-order valence-electron chi connectivity index (χ1n) is 5.95. The van der Waals surface area contributed by atoms with E-state index in [2.05, 4.69) is 10.6 Å². The van der Waals surface area contributed by atoms with Crippen LogP contribution in [0, 0.1) is 0 Å². The molecule has 1 aromatic rings. The third-order valence-electron chi connectivity index (χ3n) is 2.26. The van der Waals surface area contributed by atoms with E-state index in [1.807, 2.05) is 0 Å². The highest BCUT2D eigenvalue weighted by molar-refractivity contribution is 5.96. The van der Waals surface area contributed by atoms with Crippen molar-refractivity contribution >= 4 is 11.9 Å². The molecule has 1 atom stereocenters. The van der Waals surface area contributed by atoms with Crippen LogP contribution in [-0.4, -0.2) is 29.7 Å². The van der Waals surface area contributed by atoms with E-state index in [0.29, 0.717) is 6.54 Å². The summed E-state index contributed by atoms with van der Waals surface area (Å²) in [6.07, 6.45) is -0.0514. The van der Waals surface area contributed by atoms with Crippen molar-refractivity contribution in [2.24, 2.45) is 0 Å². The number of hydrogen-bond acceptors (Lipinski definition) is 6. The molecule has 3 N–H and O–H groups in total. The number of rotatable bonds is 5. The van der Waals surface area contributed by atoms with Gasteiger partial charge in [0.1, 0.15) is 18.6 Å². The zero-order valence-corrected chi connectivity index (χ0v) is 11.1. The van der Waals surface area contributed by atoms with Gasteiger partial charge in [0, 0.05) is 12.6 Å². The Labute approximate surface area is 114 Å². The predicted octanol–water partition coefficient (Wildman–Crippen LogP) is -0.255. The summed E-state index contributed by atoms with van der Waals surface area (Å²) in [6.45, 7) is 3.05. The Morgan fingerprint density at radius 1 is 1.50 bits per heavy atom. The second kappa shape index (κ2) is 7.29. The molecule has 0 bridgehead atoms. The van der Waals surface area contributed by atoms with Crippen LogP contribution in [0.2, 0.25) is 0 Å². The summed E-state index contributed by atoms with van der Waals surface area (Å²) in [7, 11) is 0. The minimum Gasteiger partial charge on any atom is -0.474 e. The van der Waals surface area contributed by atoms with Crippen LogP contribution in [0.25, 0.3) is 0 Å². The number of urea groups is 1. The molecule has 0 saturated heterocycles. The van der Waals surface area contributed by atoms with Crippen molar-refractivity contribution < 1.29 is 23.8 Å². The van der Waals surface area contributed by atoms with Crippen LogP contribution in [-0.2, 0) is 11.4 Å². The number of amides is 3. The van der Waals surface area contributed by atoms with Gasteiger partial charge in [-0.05, 0) is 13.8 Å². The summed E-state index contributed by atoms with van der Waals surface area (Å²) in [5, 5.41) is 13.2. The molecule has 0 aliphatic heterocycles. The number of imide groups is 1. The van der Waals surface area contributed by atoms with Crippen LogP contribution in [0.15, 0.2) is 21.5 Å². The molecule has 8 nitrogen and oxygen atoms in total. The highest BCUT2D eigenvalue weighted by Crippen LogP contribution is 2.08. The summed E-state index contributed by atoms with van der Waals surface area (Å²) in [5.41, 5.74) is -0.530. The van der Waals surface area contributed by atoms with Gasteiger partial charge < -0.3 is 19.6 Å². The van der Waals surface area contributed by atoms with Crippen molar-refractivity contribution in [1.29, 1.82) is 0 Å². The van der Waals surface area contributed by atoms with Gasteiger partial charge in [0.25, 0.3) is 5.91 Å². The maximum atomic E-state index is 11.6. The Balaban J connectivity index is 2.66. The quantitative estimate of drug-likeness (QED) is 0.686. The van der Waals surface area contributed by atoms with Crippen LogP contribution in [0.5, 0.6) is 5.75 Å². The summed E-state index contributed by atoms with van der Waals surface area (Å²) in [6, 6.07) is 0.416. The third-order valence-corrected chi connectivity index (χ3v) is 2.26. The molecule has 0 radical (unpaired) electrons. The van der Waals surface area contributed by atoms with Crippen molar-refractivity contribution in [3.05, 3.63) is 28.3 Å². The normalized spacial score (nSPS) is 11.6. The highest BCUT2D eigenvalue weighted by atomic mass is 16.5. The smallest absolute Gasteiger partial charge is 0.321 e. The van der Waals surface area contributed by atoms with Crippen molar-refractivity contribution in [3.8, 4) is 5.75 Å². The molecular weight excluding hydrogens is 268 g/mol. The summed E-state index contributed by atoms with van der Waals surface area (Å²) in [4.78, 5) is 34.3. The van der Waals surface area contributed by atoms with Gasteiger partial charge >= 0.3 is 6.03 Å². The van der Waals surface area contributed by atoms with Gasteiger partial charge in [-0.2, -0.15) is 0 Å². The van der Waals surface area contributed by atoms with Gasteiger partial charge in [-0.3, -0.25) is 14.9 Å². The first-order valence-corrected chi connectivity index (χ1v) is 5.95. The van der Waals surface area contributed by atoms with Crippen LogP contribution in [0.1, 0.15) is 19.6 Å². The molecule has 1 aromatic heterocycles. The number of nitrogens with one attached hydrogen (secondary N) is 2. The first kappa shape index (κ1) is 15.7. The maximum absolute atomic E-state index is 11.6. The fourth-order valence-electron chi connectivity index (χ4n) is 1.27. The van der Waals surface area contributed by atoms with Crippen molar-refractivity contribution in [1.82, 2.24) is 10.6 Å². The van der Waals surface area contributed by atoms with Gasteiger partial charge in [-0.25, -0.2) is 4.79 Å². The highest BCUT2D eigenvalue weighted by Gasteiger charge is 2.18. The average Bonchev–Trinajstić information content (AvgIpc) is 2.41. The van der Waals surface area contributed by atoms with Crippen molar-refractivity contribution in [3.63, 3.8) is 0 Å². The number of aliphatic hydroxyl groups excluding tert-OH is 1. The first-order chi connectivity index (χ1) is 9.47. The van der Waals surface area contributed by atoms with Crippen molar-refractivity contribution in [2.75, 3.05) is 6.54 Å². The second-order valence-corrected chi connectivity index (χ2v) is 3.84. The zero-order valence-electron chi connectivity index (χ0n) is 11.1. The predicted molar refractivity (Wildman–Crippen MR) is 68.2 cm³/mol. The molecule has 0 fully saturated rings. The van der Waals surface area contributed by atoms with Gasteiger partial charge in [-0.1, -0.05) is 0 Å². The largest absolute Gasteiger partial charge is 0.474 e. The van der Waals surface area contributed by atoms with E-state index in [9.17, 15) is 14.4 Å². The maximum Gasteiger partial charge on any atom is 0.321 e. The lowest BCUT2D eigenvalue weighted by molar-refractivity contribution is -0.126. The molecule has 0 spiro atoms. The van der Waals surface area contributed by atoms with E-state index >= 15 is 0 Å². The number of hydrogen-bond donors (Lipinski definition) is 3. The second-order valence-electron chi connectivity index (χ2n) is 3.84. The molecule has 0 aliphatic rings. The van der Waals surface area contributed by atoms with Gasteiger partial charge in [0.05, 0.1) is 0 Å². The zero-order chi connectivity index (χ0) is 15.1. The van der Waals surface area contributed by atoms with Crippen LogP contribution in [0.3, 0.4) is 0 Å². The molecule has 0 aliphatic carbocycles. The van der Waals surface area contributed by atoms with Gasteiger partial charge in [-0.15, -0.1) is 0 Å². The SMILES string of the molecule is CCNC(=O)NC(=O)C(C)Oc1coc(CO)cc1=O. The molecule has 0 aromatic carbocycles. The molecule has 3 amide bonds. The summed E-state index contributed by atoms with van der Waals surface area (Å²) in [5.74, 6) is -0.788. The number of carbonyl (C=O) groups excluding carboxylic acids is 2. The number of carbonyl (C=O) groups is 2. The summed E-state index contributed by atoms with van der Waals surface area (Å²) < 4.78 is 10.0. The Hall–Kier alpha value is -2.35. The minimum atomic E-state index is -1.06. The Morgan fingerprint density at radius 3 is 2.75 bits per heavy atom. The average molecular weight is 284 g/mol. The Kier molecular flexibility index (Phi) is 5.73. The lowest BCUT2D eigenvalue weighted by Gasteiger charge is -2.13. The number of aliphatic hydroxyl groups is 1. The fourth-order valence-corrected chi connectivity index (χ4v) is 1.27. The monoisotopic (exact) mass is 284 g/mol. The fraction of sp³-hybridized carbons (Fsp3) is 0.417. The molecule has 1 heterocycles. The third kappa shape index (κ3) is 4.39. The minimum absolute atomic E-state index is 0.0850. The lowest BCUT2D eigenvalue weighted by Crippen LogP contribution is -2.45. The summed E-state index contributed by atoms with van der Waals surface area (Å²) >= 11 is 0. The molecule has 1 unspecified atom stereocenters. The van der Waals surface area contributed by atoms with Crippen LogP contribution >= 0.6 is 0 Å². The van der Waals surface area contributed by atoms with Crippen LogP contribution in [0.4, 0.5) is 4.79 Å². The van der Waals surface area contributed by atoms with Crippen molar-refractivity contribution in [2.45, 2.75) is 26.6 Å². The van der Waals surface area contributed by atoms with Gasteiger partial charge in [0.15, 0.2) is 6.10 Å². The lowest BCUT2D eigenvalue weighted by atomic mass is 10.3. The molecule has 1 rings (SSSR count). The standard InChI is InChI=1S/C12H16N2O6/c1-3-13-12(18)14-11(17)7(2)20-10-6-19-8(5-15)4-9(10)16/h4,6-7,15H,3,5H2,1-2H3,(H2,13,14,17,18). The van der Waals surface area contributed by atoms with Crippen LogP contribution < -0.4 is 20.8 Å². The van der Waals surface area contributed by atoms with E-state index in [0.717, 1.165) is 12.3 Å². The molecule has 0 saturated carbocycles. The van der Waals surface area contributed by atoms with E-state index in [4.69, 9.17) is 14.3 Å². The Morgan fingerprint density at radius 2 is 2.20 bits per heavy atom. The topological polar surface area (TPSA) is 118 Å². The number of ether oxygens (including phenoxy) is 1. The Bertz CT molecular complexity index is 539. The molecular formula is C12H16N2O6. The molecule has 110 valence electrons. The molecule has 8 heteroatoms.